The lowest BCUT2D eigenvalue weighted by Crippen LogP contribution is -2.02. The number of ether oxygens (including phenoxy) is 2. The molecule has 0 atom stereocenters. The van der Waals surface area contributed by atoms with Crippen molar-refractivity contribution in [1.29, 1.82) is 0 Å². The molecule has 0 aliphatic heterocycles. The van der Waals surface area contributed by atoms with Gasteiger partial charge in [0.05, 0.1) is 24.0 Å². The summed E-state index contributed by atoms with van der Waals surface area (Å²) in [5.74, 6) is 0.649. The highest BCUT2D eigenvalue weighted by molar-refractivity contribution is 7.99. The van der Waals surface area contributed by atoms with Crippen molar-refractivity contribution in [3.63, 3.8) is 0 Å². The zero-order valence-electron chi connectivity index (χ0n) is 11.2. The standard InChI is InChI=1S/C14H18O4S/c1-11(17-5)7-9-13(3)19(15,16)14(4)10-8-12(2)18-6/h7-10H,1-4H2,5-6H3/b9-7-,10-8-. The van der Waals surface area contributed by atoms with E-state index in [0.29, 0.717) is 11.5 Å². The van der Waals surface area contributed by atoms with Gasteiger partial charge in [0.1, 0.15) is 11.5 Å². The van der Waals surface area contributed by atoms with Crippen LogP contribution in [-0.4, -0.2) is 22.6 Å². The maximum absolute atomic E-state index is 12.0. The van der Waals surface area contributed by atoms with Gasteiger partial charge in [-0.05, 0) is 24.3 Å². The molecule has 0 heterocycles. The van der Waals surface area contributed by atoms with Crippen LogP contribution < -0.4 is 0 Å². The largest absolute Gasteiger partial charge is 0.497 e. The lowest BCUT2D eigenvalue weighted by atomic mass is 10.4. The molecule has 0 saturated heterocycles. The predicted octanol–water partition coefficient (Wildman–Crippen LogP) is 2.86. The fraction of sp³-hybridized carbons (Fsp3) is 0.143. The van der Waals surface area contributed by atoms with Gasteiger partial charge in [-0.3, -0.25) is 0 Å². The molecule has 0 fully saturated rings. The van der Waals surface area contributed by atoms with Crippen LogP contribution in [0.5, 0.6) is 0 Å². The molecular formula is C14H18O4S. The second-order valence-electron chi connectivity index (χ2n) is 3.44. The lowest BCUT2D eigenvalue weighted by Gasteiger charge is -2.04. The van der Waals surface area contributed by atoms with Gasteiger partial charge in [0, 0.05) is 0 Å². The minimum Gasteiger partial charge on any atom is -0.497 e. The second kappa shape index (κ2) is 7.43. The van der Waals surface area contributed by atoms with Crippen molar-refractivity contribution in [1.82, 2.24) is 0 Å². The Bertz CT molecular complexity index is 504. The molecule has 0 saturated carbocycles. The number of rotatable bonds is 8. The highest BCUT2D eigenvalue weighted by Crippen LogP contribution is 2.17. The van der Waals surface area contributed by atoms with Crippen LogP contribution in [0.4, 0.5) is 0 Å². The summed E-state index contributed by atoms with van der Waals surface area (Å²) in [6, 6.07) is 0. The number of hydrogen-bond acceptors (Lipinski definition) is 4. The Kier molecular flexibility index (Phi) is 6.64. The summed E-state index contributed by atoms with van der Waals surface area (Å²) in [7, 11) is -0.838. The third-order valence-electron chi connectivity index (χ3n) is 2.12. The van der Waals surface area contributed by atoms with Crippen LogP contribution in [0.15, 0.2) is 71.9 Å². The van der Waals surface area contributed by atoms with Gasteiger partial charge in [-0.1, -0.05) is 26.3 Å². The van der Waals surface area contributed by atoms with Gasteiger partial charge >= 0.3 is 0 Å². The maximum Gasteiger partial charge on any atom is 0.205 e. The van der Waals surface area contributed by atoms with Crippen LogP contribution in [0.3, 0.4) is 0 Å². The third-order valence-corrected chi connectivity index (χ3v) is 3.78. The van der Waals surface area contributed by atoms with E-state index in [4.69, 9.17) is 9.47 Å². The van der Waals surface area contributed by atoms with Crippen LogP contribution >= 0.6 is 0 Å². The molecule has 0 aromatic carbocycles. The first-order chi connectivity index (χ1) is 8.75. The molecular weight excluding hydrogens is 264 g/mol. The number of allylic oxidation sites excluding steroid dienone is 4. The van der Waals surface area contributed by atoms with Crippen LogP contribution in [0.2, 0.25) is 0 Å². The molecule has 0 aromatic rings. The van der Waals surface area contributed by atoms with Crippen molar-refractivity contribution >= 4 is 9.84 Å². The second-order valence-corrected chi connectivity index (χ2v) is 5.50. The topological polar surface area (TPSA) is 52.6 Å². The predicted molar refractivity (Wildman–Crippen MR) is 77.8 cm³/mol. The summed E-state index contributed by atoms with van der Waals surface area (Å²) in [4.78, 5) is -0.216. The monoisotopic (exact) mass is 282 g/mol. The molecule has 0 radical (unpaired) electrons. The highest BCUT2D eigenvalue weighted by Gasteiger charge is 2.16. The Hall–Kier alpha value is -2.01. The van der Waals surface area contributed by atoms with Crippen molar-refractivity contribution < 1.29 is 17.9 Å². The van der Waals surface area contributed by atoms with Crippen LogP contribution in [0, 0.1) is 0 Å². The minimum atomic E-state index is -3.70. The lowest BCUT2D eigenvalue weighted by molar-refractivity contribution is 0.308. The molecule has 19 heavy (non-hydrogen) atoms. The van der Waals surface area contributed by atoms with E-state index in [0.717, 1.165) is 0 Å². The molecule has 4 nitrogen and oxygen atoms in total. The summed E-state index contributed by atoms with van der Waals surface area (Å²) in [6.07, 6.45) is 5.41. The van der Waals surface area contributed by atoms with Crippen molar-refractivity contribution in [3.8, 4) is 0 Å². The molecule has 104 valence electrons. The van der Waals surface area contributed by atoms with E-state index in [-0.39, 0.29) is 9.81 Å². The summed E-state index contributed by atoms with van der Waals surface area (Å²) < 4.78 is 33.6. The Morgan fingerprint density at radius 2 is 1.11 bits per heavy atom. The van der Waals surface area contributed by atoms with E-state index in [1.807, 2.05) is 0 Å². The van der Waals surface area contributed by atoms with Crippen LogP contribution in [0.1, 0.15) is 0 Å². The van der Waals surface area contributed by atoms with E-state index in [1.165, 1.54) is 38.5 Å². The summed E-state index contributed by atoms with van der Waals surface area (Å²) in [6.45, 7) is 14.0. The van der Waals surface area contributed by atoms with Gasteiger partial charge < -0.3 is 9.47 Å². The number of methoxy groups -OCH3 is 2. The average molecular weight is 282 g/mol. The van der Waals surface area contributed by atoms with E-state index in [2.05, 4.69) is 26.3 Å². The molecule has 0 spiro atoms. The van der Waals surface area contributed by atoms with Gasteiger partial charge in [-0.25, -0.2) is 8.42 Å². The first-order valence-corrected chi connectivity index (χ1v) is 6.69. The molecule has 0 aliphatic carbocycles. The van der Waals surface area contributed by atoms with E-state index < -0.39 is 9.84 Å². The fourth-order valence-corrected chi connectivity index (χ4v) is 1.69. The molecule has 0 unspecified atom stereocenters. The van der Waals surface area contributed by atoms with Gasteiger partial charge in [0.15, 0.2) is 0 Å². The zero-order valence-corrected chi connectivity index (χ0v) is 12.0. The highest BCUT2D eigenvalue weighted by atomic mass is 32.2. The minimum absolute atomic E-state index is 0.108. The smallest absolute Gasteiger partial charge is 0.205 e. The van der Waals surface area contributed by atoms with Crippen molar-refractivity contribution in [2.24, 2.45) is 0 Å². The third kappa shape index (κ3) is 5.44. The summed E-state index contributed by atoms with van der Waals surface area (Å²) in [5, 5.41) is 0. The Balaban J connectivity index is 4.98. The maximum atomic E-state index is 12.0. The molecule has 5 heteroatoms. The quantitative estimate of drug-likeness (QED) is 0.507. The first kappa shape index (κ1) is 17.0. The molecule has 0 amide bonds. The zero-order chi connectivity index (χ0) is 15.1. The van der Waals surface area contributed by atoms with Crippen molar-refractivity contribution in [2.75, 3.05) is 14.2 Å². The number of sulfone groups is 1. The SMILES string of the molecule is C=C(/C=C\C(=C)S(=O)(=O)C(=C)/C=C\C(=C)OC)OC. The van der Waals surface area contributed by atoms with E-state index in [1.54, 1.807) is 0 Å². The Labute approximate surface area is 114 Å². The number of hydrogen-bond donors (Lipinski definition) is 0. The summed E-state index contributed by atoms with van der Waals surface area (Å²) >= 11 is 0. The van der Waals surface area contributed by atoms with Crippen molar-refractivity contribution in [3.05, 3.63) is 71.9 Å². The summed E-state index contributed by atoms with van der Waals surface area (Å²) in [5.41, 5.74) is 0. The average Bonchev–Trinajstić information content (AvgIpc) is 2.40. The van der Waals surface area contributed by atoms with Gasteiger partial charge in [0.25, 0.3) is 0 Å². The van der Waals surface area contributed by atoms with Gasteiger partial charge in [-0.2, -0.15) is 0 Å². The molecule has 0 aromatic heterocycles. The molecule has 0 aliphatic rings. The molecule has 0 N–H and O–H groups in total. The molecule has 0 rings (SSSR count). The van der Waals surface area contributed by atoms with Gasteiger partial charge in [0.2, 0.25) is 9.84 Å². The van der Waals surface area contributed by atoms with Crippen LogP contribution in [-0.2, 0) is 19.3 Å². The molecule has 0 bridgehead atoms. The Morgan fingerprint density at radius 3 is 1.37 bits per heavy atom. The van der Waals surface area contributed by atoms with E-state index in [9.17, 15) is 8.42 Å². The van der Waals surface area contributed by atoms with Crippen molar-refractivity contribution in [2.45, 2.75) is 0 Å². The Morgan fingerprint density at radius 1 is 0.789 bits per heavy atom. The fourth-order valence-electron chi connectivity index (χ4n) is 0.855. The van der Waals surface area contributed by atoms with E-state index >= 15 is 0 Å². The van der Waals surface area contributed by atoms with Gasteiger partial charge in [-0.15, -0.1) is 0 Å². The normalized spacial score (nSPS) is 11.5. The first-order valence-electron chi connectivity index (χ1n) is 5.20. The van der Waals surface area contributed by atoms with Crippen LogP contribution in [0.25, 0.3) is 0 Å².